The Morgan fingerprint density at radius 3 is 2.26 bits per heavy atom. The minimum absolute atomic E-state index is 0.437. The van der Waals surface area contributed by atoms with Crippen LogP contribution in [0.4, 0.5) is 0 Å². The average molecular weight is 288 g/mol. The summed E-state index contributed by atoms with van der Waals surface area (Å²) in [5.41, 5.74) is -1.20. The molecule has 7 heteroatoms. The number of benzene rings is 1. The van der Waals surface area contributed by atoms with E-state index >= 15 is 0 Å². The van der Waals surface area contributed by atoms with Gasteiger partial charge < -0.3 is 25.2 Å². The summed E-state index contributed by atoms with van der Waals surface area (Å²) in [6.45, 7) is -0.534. The van der Waals surface area contributed by atoms with E-state index in [-0.39, 0.29) is 0 Å². The van der Waals surface area contributed by atoms with E-state index in [1.54, 1.807) is 30.3 Å². The maximum Gasteiger partial charge on any atom is 0.166 e. The van der Waals surface area contributed by atoms with E-state index in [2.05, 4.69) is 0 Å². The van der Waals surface area contributed by atoms with Crippen LogP contribution in [0.15, 0.2) is 35.2 Å². The number of aliphatic hydroxyl groups is 4. The van der Waals surface area contributed by atoms with Crippen molar-refractivity contribution < 1.29 is 29.4 Å². The van der Waals surface area contributed by atoms with Crippen LogP contribution in [-0.4, -0.2) is 61.1 Å². The zero-order valence-electron chi connectivity index (χ0n) is 9.99. The molecule has 1 aliphatic rings. The minimum atomic E-state index is -1.71. The molecule has 19 heavy (non-hydrogen) atoms. The van der Waals surface area contributed by atoms with Crippen molar-refractivity contribution in [3.05, 3.63) is 30.3 Å². The smallest absolute Gasteiger partial charge is 0.166 e. The molecule has 0 amide bonds. The first kappa shape index (κ1) is 14.6. The zero-order chi connectivity index (χ0) is 14.0. The van der Waals surface area contributed by atoms with Crippen molar-refractivity contribution in [1.82, 2.24) is 0 Å². The highest BCUT2D eigenvalue weighted by Crippen LogP contribution is 2.26. The lowest BCUT2D eigenvalue weighted by Gasteiger charge is -2.39. The molecule has 6 atom stereocenters. The van der Waals surface area contributed by atoms with E-state index in [1.165, 1.54) is 0 Å². The van der Waals surface area contributed by atoms with E-state index in [1.807, 2.05) is 0 Å². The van der Waals surface area contributed by atoms with Gasteiger partial charge in [-0.2, -0.15) is 0 Å². The van der Waals surface area contributed by atoms with Crippen molar-refractivity contribution in [3.8, 4) is 0 Å². The van der Waals surface area contributed by atoms with E-state index in [9.17, 15) is 19.5 Å². The number of hydrogen-bond acceptors (Lipinski definition) is 6. The number of rotatable bonds is 3. The molecule has 1 aromatic carbocycles. The fourth-order valence-corrected chi connectivity index (χ4v) is 3.28. The standard InChI is InChI=1S/C12H16O6S/c13-6-8-9(14)10(15)11(16)12(18-8)19(17)7-4-2-1-3-5-7/h1-5,8-16H,6H2/t8-,9+,10+,11-,12+,19+/m1/s1. The lowest BCUT2D eigenvalue weighted by molar-refractivity contribution is -0.206. The zero-order valence-corrected chi connectivity index (χ0v) is 10.8. The molecule has 106 valence electrons. The third-order valence-corrected chi connectivity index (χ3v) is 4.58. The first-order valence-corrected chi connectivity index (χ1v) is 7.03. The molecule has 0 unspecified atom stereocenters. The summed E-state index contributed by atoms with van der Waals surface area (Å²) in [6, 6.07) is 8.36. The van der Waals surface area contributed by atoms with Gasteiger partial charge in [-0.05, 0) is 12.1 Å². The maximum absolute atomic E-state index is 12.3. The number of ether oxygens (including phenoxy) is 1. The van der Waals surface area contributed by atoms with E-state index in [4.69, 9.17) is 9.84 Å². The van der Waals surface area contributed by atoms with Crippen molar-refractivity contribution in [3.63, 3.8) is 0 Å². The third-order valence-electron chi connectivity index (χ3n) is 3.03. The second-order valence-corrected chi connectivity index (χ2v) is 5.84. The molecule has 0 aromatic heterocycles. The fourth-order valence-electron chi connectivity index (χ4n) is 1.93. The summed E-state index contributed by atoms with van der Waals surface area (Å²) >= 11 is 0. The normalized spacial score (nSPS) is 36.9. The molecule has 1 heterocycles. The number of hydrogen-bond donors (Lipinski definition) is 4. The van der Waals surface area contributed by atoms with Crippen molar-refractivity contribution in [1.29, 1.82) is 0 Å². The predicted molar refractivity (Wildman–Crippen MR) is 66.6 cm³/mol. The SMILES string of the molecule is O=[S@@](c1ccccc1)[C@@H]1O[C@H](CO)[C@H](O)[C@H](O)[C@H]1O. The Morgan fingerprint density at radius 1 is 1.05 bits per heavy atom. The summed E-state index contributed by atoms with van der Waals surface area (Å²) in [5, 5.41) is 38.2. The van der Waals surface area contributed by atoms with E-state index in [0.29, 0.717) is 4.90 Å². The summed E-state index contributed by atoms with van der Waals surface area (Å²) < 4.78 is 17.5. The Kier molecular flexibility index (Phi) is 4.67. The van der Waals surface area contributed by atoms with Gasteiger partial charge in [-0.3, -0.25) is 4.21 Å². The summed E-state index contributed by atoms with van der Waals surface area (Å²) in [6.07, 6.45) is -5.48. The molecule has 2 rings (SSSR count). The van der Waals surface area contributed by atoms with Gasteiger partial charge in [0, 0.05) is 4.90 Å². The highest BCUT2D eigenvalue weighted by Gasteiger charge is 2.46. The quantitative estimate of drug-likeness (QED) is 0.544. The second kappa shape index (κ2) is 6.08. The molecule has 0 radical (unpaired) electrons. The predicted octanol–water partition coefficient (Wildman–Crippen LogP) is -1.41. The fraction of sp³-hybridized carbons (Fsp3) is 0.500. The Labute approximate surface area is 112 Å². The van der Waals surface area contributed by atoms with Gasteiger partial charge in [-0.25, -0.2) is 0 Å². The van der Waals surface area contributed by atoms with Gasteiger partial charge in [-0.1, -0.05) is 18.2 Å². The molecule has 1 saturated heterocycles. The monoisotopic (exact) mass is 288 g/mol. The molecule has 1 fully saturated rings. The van der Waals surface area contributed by atoms with Crippen LogP contribution in [0.1, 0.15) is 0 Å². The molecule has 0 saturated carbocycles. The number of aliphatic hydroxyl groups excluding tert-OH is 4. The van der Waals surface area contributed by atoms with Gasteiger partial charge in [0.2, 0.25) is 0 Å². The van der Waals surface area contributed by atoms with Gasteiger partial charge >= 0.3 is 0 Å². The molecular weight excluding hydrogens is 272 g/mol. The van der Waals surface area contributed by atoms with Gasteiger partial charge in [-0.15, -0.1) is 0 Å². The van der Waals surface area contributed by atoms with E-state index in [0.717, 1.165) is 0 Å². The maximum atomic E-state index is 12.3. The molecule has 1 aromatic rings. The first-order chi connectivity index (χ1) is 9.06. The van der Waals surface area contributed by atoms with Crippen LogP contribution in [0.25, 0.3) is 0 Å². The first-order valence-electron chi connectivity index (χ1n) is 5.82. The van der Waals surface area contributed by atoms with Gasteiger partial charge in [0.1, 0.15) is 24.4 Å². The highest BCUT2D eigenvalue weighted by atomic mass is 32.2. The molecular formula is C12H16O6S. The summed E-state index contributed by atoms with van der Waals surface area (Å²) in [7, 11) is -1.71. The summed E-state index contributed by atoms with van der Waals surface area (Å²) in [4.78, 5) is 0.437. The largest absolute Gasteiger partial charge is 0.394 e. The Hall–Kier alpha value is -0.830. The highest BCUT2D eigenvalue weighted by molar-refractivity contribution is 7.85. The van der Waals surface area contributed by atoms with Crippen LogP contribution in [-0.2, 0) is 15.5 Å². The van der Waals surface area contributed by atoms with Crippen molar-refractivity contribution in [2.45, 2.75) is 34.7 Å². The van der Waals surface area contributed by atoms with Crippen molar-refractivity contribution in [2.75, 3.05) is 6.61 Å². The molecule has 1 aliphatic heterocycles. The topological polar surface area (TPSA) is 107 Å². The lowest BCUT2D eigenvalue weighted by Crippen LogP contribution is -2.59. The van der Waals surface area contributed by atoms with Crippen LogP contribution < -0.4 is 0 Å². The second-order valence-electron chi connectivity index (χ2n) is 4.31. The lowest BCUT2D eigenvalue weighted by atomic mass is 10.0. The molecule has 4 N–H and O–H groups in total. The van der Waals surface area contributed by atoms with Gasteiger partial charge in [0.25, 0.3) is 0 Å². The molecule has 6 nitrogen and oxygen atoms in total. The molecule has 0 spiro atoms. The Morgan fingerprint density at radius 2 is 1.68 bits per heavy atom. The minimum Gasteiger partial charge on any atom is -0.394 e. The van der Waals surface area contributed by atoms with Crippen LogP contribution in [0.2, 0.25) is 0 Å². The van der Waals surface area contributed by atoms with Crippen LogP contribution in [0, 0.1) is 0 Å². The van der Waals surface area contributed by atoms with Crippen molar-refractivity contribution in [2.24, 2.45) is 0 Å². The van der Waals surface area contributed by atoms with Crippen LogP contribution in [0.5, 0.6) is 0 Å². The molecule has 0 bridgehead atoms. The Bertz CT molecular complexity index is 437. The molecule has 0 aliphatic carbocycles. The van der Waals surface area contributed by atoms with Crippen molar-refractivity contribution >= 4 is 10.8 Å². The van der Waals surface area contributed by atoms with Gasteiger partial charge in [0.15, 0.2) is 5.44 Å². The average Bonchev–Trinajstić information content (AvgIpc) is 2.45. The van der Waals surface area contributed by atoms with Crippen LogP contribution in [0.3, 0.4) is 0 Å². The van der Waals surface area contributed by atoms with Gasteiger partial charge in [0.05, 0.1) is 17.4 Å². The Balaban J connectivity index is 2.21. The van der Waals surface area contributed by atoms with Crippen LogP contribution >= 0.6 is 0 Å². The third kappa shape index (κ3) is 2.86. The van der Waals surface area contributed by atoms with E-state index < -0.39 is 47.3 Å². The summed E-state index contributed by atoms with van der Waals surface area (Å²) in [5.74, 6) is 0.